The highest BCUT2D eigenvalue weighted by Crippen LogP contribution is 2.43. The highest BCUT2D eigenvalue weighted by atomic mass is 31.2. The van der Waals surface area contributed by atoms with E-state index in [0.29, 0.717) is 32.3 Å². The first kappa shape index (κ1) is 23.6. The van der Waals surface area contributed by atoms with Crippen LogP contribution in [0.25, 0.3) is 33.0 Å². The lowest BCUT2D eigenvalue weighted by Crippen LogP contribution is -2.33. The van der Waals surface area contributed by atoms with Gasteiger partial charge in [0.25, 0.3) is 17.5 Å². The Morgan fingerprint density at radius 1 is 0.917 bits per heavy atom. The van der Waals surface area contributed by atoms with E-state index in [1.807, 2.05) is 12.1 Å². The Hall–Kier alpha value is -4.09. The minimum Gasteiger partial charge on any atom is -0.350 e. The molecule has 0 radical (unpaired) electrons. The number of hydrogen-bond acceptors (Lipinski definition) is 6. The summed E-state index contributed by atoms with van der Waals surface area (Å²) in [4.78, 5) is 56.8. The van der Waals surface area contributed by atoms with Gasteiger partial charge in [-0.1, -0.05) is 18.2 Å². The molecule has 0 fully saturated rings. The fourth-order valence-corrected chi connectivity index (χ4v) is 4.82. The third-order valence-electron chi connectivity index (χ3n) is 6.14. The molecule has 2 aromatic heterocycles. The summed E-state index contributed by atoms with van der Waals surface area (Å²) in [5, 5.41) is 12.5. The quantitative estimate of drug-likeness (QED) is 0.174. The Labute approximate surface area is 203 Å². The van der Waals surface area contributed by atoms with Crippen molar-refractivity contribution in [3.05, 3.63) is 76.1 Å². The lowest BCUT2D eigenvalue weighted by atomic mass is 9.95. The molecule has 0 unspecified atom stereocenters. The van der Waals surface area contributed by atoms with E-state index in [1.54, 1.807) is 47.8 Å². The number of nitro benzene ring substituents is 1. The number of rotatable bonds is 6. The fraction of sp³-hybridized carbons (Fsp3) is 0.130. The van der Waals surface area contributed by atoms with Crippen molar-refractivity contribution in [3.8, 4) is 0 Å². The average molecular weight is 510 g/mol. The Morgan fingerprint density at radius 2 is 1.47 bits per heavy atom. The first-order valence-corrected chi connectivity index (χ1v) is 12.1. The van der Waals surface area contributed by atoms with Crippen LogP contribution in [0.5, 0.6) is 0 Å². The first-order chi connectivity index (χ1) is 17.0. The predicted octanol–water partition coefficient (Wildman–Crippen LogP) is 2.92. The second kappa shape index (κ2) is 8.25. The van der Waals surface area contributed by atoms with Crippen molar-refractivity contribution in [2.45, 2.75) is 0 Å². The number of nitrogens with zero attached hydrogens (tertiary/aromatic N) is 4. The Kier molecular flexibility index (Phi) is 5.42. The van der Waals surface area contributed by atoms with Crippen molar-refractivity contribution in [2.75, 3.05) is 6.73 Å². The number of fused-ring (bicyclic) bond motifs is 2. The van der Waals surface area contributed by atoms with Crippen molar-refractivity contribution in [1.82, 2.24) is 14.0 Å². The Morgan fingerprint density at radius 3 is 2.06 bits per heavy atom. The first-order valence-electron chi connectivity index (χ1n) is 10.6. The molecule has 2 N–H and O–H groups in total. The largest absolute Gasteiger partial charge is 0.471 e. The zero-order valence-corrected chi connectivity index (χ0v) is 19.9. The number of phosphoric ester groups is 1. The van der Waals surface area contributed by atoms with Gasteiger partial charge >= 0.3 is 7.82 Å². The van der Waals surface area contributed by atoms with Crippen LogP contribution in [0, 0.1) is 10.1 Å². The molecule has 4 aromatic rings. The number of carbonyl (C=O) groups is 2. The van der Waals surface area contributed by atoms with Gasteiger partial charge in [-0.2, -0.15) is 0 Å². The van der Waals surface area contributed by atoms with Gasteiger partial charge in [0.15, 0.2) is 0 Å². The molecule has 0 aliphatic carbocycles. The summed E-state index contributed by atoms with van der Waals surface area (Å²) in [6.07, 6.45) is 3.29. The van der Waals surface area contributed by atoms with Gasteiger partial charge in [0.05, 0.1) is 21.6 Å². The van der Waals surface area contributed by atoms with E-state index in [1.165, 1.54) is 18.2 Å². The van der Waals surface area contributed by atoms with Crippen LogP contribution >= 0.6 is 7.82 Å². The number of aryl methyl sites for hydroxylation is 2. The minimum atomic E-state index is -4.98. The number of carbonyl (C=O) groups excluding carboxylic acids is 2. The minimum absolute atomic E-state index is 0.00474. The SMILES string of the molecule is Cn1cc(C2=C(c3cn(C)c4cc([N+](=O)[O-])ccc34)C(=O)N(COP(=O)(O)O)C2=O)c2ccccc21. The van der Waals surface area contributed by atoms with E-state index in [4.69, 9.17) is 9.79 Å². The maximum Gasteiger partial charge on any atom is 0.471 e. The van der Waals surface area contributed by atoms with E-state index in [2.05, 4.69) is 4.52 Å². The van der Waals surface area contributed by atoms with Crippen LogP contribution in [0.3, 0.4) is 0 Å². The van der Waals surface area contributed by atoms with Crippen LogP contribution < -0.4 is 0 Å². The number of para-hydroxylation sites is 1. The molecule has 2 amide bonds. The van der Waals surface area contributed by atoms with Crippen LogP contribution in [0.2, 0.25) is 0 Å². The van der Waals surface area contributed by atoms with E-state index in [-0.39, 0.29) is 16.8 Å². The normalized spacial score (nSPS) is 14.6. The molecule has 2 aromatic carbocycles. The summed E-state index contributed by atoms with van der Waals surface area (Å²) >= 11 is 0. The Bertz CT molecular complexity index is 1690. The maximum atomic E-state index is 13.6. The molecule has 1 aliphatic heterocycles. The number of non-ortho nitro benzene ring substituents is 1. The average Bonchev–Trinajstić information content (AvgIpc) is 3.41. The summed E-state index contributed by atoms with van der Waals surface area (Å²) in [5.74, 6) is -1.58. The number of amides is 2. The van der Waals surface area contributed by atoms with E-state index in [9.17, 15) is 24.3 Å². The van der Waals surface area contributed by atoms with Crippen LogP contribution in [0.1, 0.15) is 11.1 Å². The van der Waals surface area contributed by atoms with Crippen LogP contribution in [0.4, 0.5) is 5.69 Å². The molecule has 3 heterocycles. The lowest BCUT2D eigenvalue weighted by molar-refractivity contribution is -0.384. The fourth-order valence-electron chi connectivity index (χ4n) is 4.55. The standard InChI is InChI=1S/C23H19N4O8P/c1-24-10-16(14-5-3-4-6-18(14)24)20-21(23(29)26(22(20)28)12-35-36(32,33)34)17-11-25(2)19-9-13(27(30)31)7-8-15(17)19/h3-11H,12H2,1-2H3,(H2,32,33,34). The van der Waals surface area contributed by atoms with Gasteiger partial charge in [-0.25, -0.2) is 9.46 Å². The van der Waals surface area contributed by atoms with Crippen molar-refractivity contribution in [2.24, 2.45) is 14.1 Å². The topological polar surface area (TPSA) is 157 Å². The molecule has 0 saturated heterocycles. The number of nitro groups is 1. The molecular formula is C23H19N4O8P. The van der Waals surface area contributed by atoms with Gasteiger partial charge < -0.3 is 18.9 Å². The Balaban J connectivity index is 1.78. The molecule has 184 valence electrons. The van der Waals surface area contributed by atoms with Gasteiger partial charge in [-0.15, -0.1) is 0 Å². The van der Waals surface area contributed by atoms with Gasteiger partial charge in [0, 0.05) is 66.0 Å². The zero-order chi connectivity index (χ0) is 25.9. The van der Waals surface area contributed by atoms with Gasteiger partial charge in [-0.3, -0.25) is 24.2 Å². The number of aromatic nitrogens is 2. The monoisotopic (exact) mass is 510 g/mol. The molecule has 0 bridgehead atoms. The number of hydrogen-bond donors (Lipinski definition) is 2. The molecule has 0 spiro atoms. The number of imide groups is 1. The second-order valence-corrected chi connectivity index (χ2v) is 9.56. The summed E-state index contributed by atoms with van der Waals surface area (Å²) in [6, 6.07) is 11.5. The van der Waals surface area contributed by atoms with E-state index >= 15 is 0 Å². The maximum absolute atomic E-state index is 13.6. The van der Waals surface area contributed by atoms with Crippen molar-refractivity contribution < 1.29 is 33.4 Å². The van der Waals surface area contributed by atoms with Crippen LogP contribution in [-0.4, -0.2) is 47.3 Å². The van der Waals surface area contributed by atoms with Crippen molar-refractivity contribution in [3.63, 3.8) is 0 Å². The second-order valence-electron chi connectivity index (χ2n) is 8.32. The van der Waals surface area contributed by atoms with E-state index in [0.717, 1.165) is 5.52 Å². The zero-order valence-electron chi connectivity index (χ0n) is 19.0. The van der Waals surface area contributed by atoms with Crippen LogP contribution in [0.15, 0.2) is 54.9 Å². The molecule has 5 rings (SSSR count). The number of phosphoric acid groups is 1. The lowest BCUT2D eigenvalue weighted by Gasteiger charge is -2.15. The summed E-state index contributed by atoms with van der Waals surface area (Å²) < 4.78 is 19.2. The van der Waals surface area contributed by atoms with Gasteiger partial charge in [-0.05, 0) is 12.1 Å². The molecule has 12 nitrogen and oxygen atoms in total. The molecular weight excluding hydrogens is 491 g/mol. The third kappa shape index (κ3) is 3.73. The predicted molar refractivity (Wildman–Crippen MR) is 129 cm³/mol. The van der Waals surface area contributed by atoms with Gasteiger partial charge in [0.1, 0.15) is 6.73 Å². The molecule has 1 aliphatic rings. The van der Waals surface area contributed by atoms with Crippen molar-refractivity contribution >= 4 is 58.3 Å². The van der Waals surface area contributed by atoms with E-state index < -0.39 is 31.3 Å². The third-order valence-corrected chi connectivity index (χ3v) is 6.60. The molecule has 0 saturated carbocycles. The van der Waals surface area contributed by atoms with Crippen LogP contribution in [-0.2, 0) is 32.8 Å². The van der Waals surface area contributed by atoms with Crippen molar-refractivity contribution in [1.29, 1.82) is 0 Å². The number of benzene rings is 2. The summed E-state index contributed by atoms with van der Waals surface area (Å²) in [7, 11) is -1.53. The smallest absolute Gasteiger partial charge is 0.350 e. The summed E-state index contributed by atoms with van der Waals surface area (Å²) in [6.45, 7) is -0.948. The highest BCUT2D eigenvalue weighted by Gasteiger charge is 2.42. The molecule has 36 heavy (non-hydrogen) atoms. The molecule has 13 heteroatoms. The van der Waals surface area contributed by atoms with Gasteiger partial charge in [0.2, 0.25) is 0 Å². The highest BCUT2D eigenvalue weighted by molar-refractivity contribution is 7.46. The summed E-state index contributed by atoms with van der Waals surface area (Å²) in [5.41, 5.74) is 1.99. The molecule has 0 atom stereocenters.